The highest BCUT2D eigenvalue weighted by atomic mass is 35.5. The highest BCUT2D eigenvalue weighted by Crippen LogP contribution is 2.45. The first kappa shape index (κ1) is 12.8. The quantitative estimate of drug-likeness (QED) is 0.840. The molecule has 19 heavy (non-hydrogen) atoms. The lowest BCUT2D eigenvalue weighted by atomic mass is 10.1. The summed E-state index contributed by atoms with van der Waals surface area (Å²) < 4.78 is 5.26. The molecule has 0 bridgehead atoms. The van der Waals surface area contributed by atoms with Crippen molar-refractivity contribution in [3.8, 4) is 5.75 Å². The molecule has 1 fully saturated rings. The van der Waals surface area contributed by atoms with Crippen molar-refractivity contribution in [2.24, 2.45) is 5.92 Å². The lowest BCUT2D eigenvalue weighted by molar-refractivity contribution is 0.415. The predicted octanol–water partition coefficient (Wildman–Crippen LogP) is 4.97. The number of rotatable bonds is 5. The maximum absolute atomic E-state index is 6.27. The van der Waals surface area contributed by atoms with Gasteiger partial charge in [-0.05, 0) is 42.3 Å². The first-order valence-corrected chi connectivity index (χ1v) is 7.67. The van der Waals surface area contributed by atoms with Gasteiger partial charge in [0.2, 0.25) is 0 Å². The zero-order valence-corrected chi connectivity index (χ0v) is 12.3. The Hall–Kier alpha value is -1.19. The summed E-state index contributed by atoms with van der Waals surface area (Å²) in [5.41, 5.74) is 0.950. The number of hydrogen-bond donors (Lipinski definition) is 1. The van der Waals surface area contributed by atoms with Gasteiger partial charge < -0.3 is 10.1 Å². The first-order valence-electron chi connectivity index (χ1n) is 6.41. The highest BCUT2D eigenvalue weighted by molar-refractivity contribution is 7.10. The minimum absolute atomic E-state index is 0.365. The van der Waals surface area contributed by atoms with E-state index < -0.39 is 0 Å². The lowest BCUT2D eigenvalue weighted by Crippen LogP contribution is -2.11. The van der Waals surface area contributed by atoms with E-state index in [1.54, 1.807) is 18.4 Å². The van der Waals surface area contributed by atoms with E-state index in [9.17, 15) is 0 Å². The summed E-state index contributed by atoms with van der Waals surface area (Å²) in [6.07, 6.45) is 2.58. The number of anilines is 1. The number of halogens is 1. The van der Waals surface area contributed by atoms with Crippen LogP contribution in [0.25, 0.3) is 0 Å². The van der Waals surface area contributed by atoms with Gasteiger partial charge >= 0.3 is 0 Å². The molecule has 2 nitrogen and oxygen atoms in total. The minimum Gasteiger partial charge on any atom is -0.497 e. The Morgan fingerprint density at radius 1 is 1.37 bits per heavy atom. The van der Waals surface area contributed by atoms with Crippen molar-refractivity contribution >= 4 is 28.6 Å². The Balaban J connectivity index is 1.86. The molecule has 1 saturated carbocycles. The number of benzene rings is 1. The number of nitrogens with one attached hydrogen (secondary N) is 1. The van der Waals surface area contributed by atoms with Crippen LogP contribution in [-0.2, 0) is 0 Å². The van der Waals surface area contributed by atoms with E-state index in [4.69, 9.17) is 16.3 Å². The highest BCUT2D eigenvalue weighted by Gasteiger charge is 2.33. The molecule has 1 N–H and O–H groups in total. The molecule has 1 aromatic carbocycles. The van der Waals surface area contributed by atoms with Crippen molar-refractivity contribution in [2.45, 2.75) is 18.9 Å². The largest absolute Gasteiger partial charge is 0.497 e. The van der Waals surface area contributed by atoms with Crippen molar-refractivity contribution in [3.05, 3.63) is 45.6 Å². The van der Waals surface area contributed by atoms with Gasteiger partial charge in [0.15, 0.2) is 0 Å². The van der Waals surface area contributed by atoms with E-state index in [1.165, 1.54) is 17.7 Å². The summed E-state index contributed by atoms with van der Waals surface area (Å²) in [4.78, 5) is 1.38. The van der Waals surface area contributed by atoms with E-state index >= 15 is 0 Å². The van der Waals surface area contributed by atoms with Crippen LogP contribution in [-0.4, -0.2) is 7.11 Å². The van der Waals surface area contributed by atoms with E-state index in [0.717, 1.165) is 22.4 Å². The van der Waals surface area contributed by atoms with E-state index in [0.29, 0.717) is 6.04 Å². The molecule has 100 valence electrons. The van der Waals surface area contributed by atoms with E-state index in [2.05, 4.69) is 22.8 Å². The summed E-state index contributed by atoms with van der Waals surface area (Å²) in [5, 5.41) is 6.45. The van der Waals surface area contributed by atoms with Gasteiger partial charge in [0, 0.05) is 10.9 Å². The Morgan fingerprint density at radius 3 is 2.84 bits per heavy atom. The third-order valence-corrected chi connectivity index (χ3v) is 4.71. The zero-order chi connectivity index (χ0) is 13.2. The van der Waals surface area contributed by atoms with Gasteiger partial charge in [0.25, 0.3) is 0 Å². The van der Waals surface area contributed by atoms with Crippen LogP contribution < -0.4 is 10.1 Å². The molecule has 3 rings (SSSR count). The van der Waals surface area contributed by atoms with Crippen molar-refractivity contribution in [1.82, 2.24) is 0 Å². The van der Waals surface area contributed by atoms with E-state index in [-0.39, 0.29) is 0 Å². The first-order chi connectivity index (χ1) is 9.28. The van der Waals surface area contributed by atoms with Gasteiger partial charge in [0.1, 0.15) is 5.75 Å². The Bertz CT molecular complexity index is 551. The van der Waals surface area contributed by atoms with Gasteiger partial charge in [-0.2, -0.15) is 0 Å². The van der Waals surface area contributed by atoms with Crippen LogP contribution in [0.15, 0.2) is 35.7 Å². The second-order valence-corrected chi connectivity index (χ2v) is 6.21. The summed E-state index contributed by atoms with van der Waals surface area (Å²) in [6.45, 7) is 0. The number of hydrogen-bond acceptors (Lipinski definition) is 3. The molecule has 1 unspecified atom stereocenters. The summed E-state index contributed by atoms with van der Waals surface area (Å²) in [5.74, 6) is 1.55. The SMILES string of the molecule is COc1ccc(Cl)c(NC(c2cccs2)C2CC2)c1. The van der Waals surface area contributed by atoms with Crippen LogP contribution >= 0.6 is 22.9 Å². The fourth-order valence-corrected chi connectivity index (χ4v) is 3.27. The Kier molecular flexibility index (Phi) is 3.67. The van der Waals surface area contributed by atoms with Gasteiger partial charge in [0.05, 0.1) is 23.9 Å². The fraction of sp³-hybridized carbons (Fsp3) is 0.333. The zero-order valence-electron chi connectivity index (χ0n) is 10.7. The predicted molar refractivity (Wildman–Crippen MR) is 81.4 cm³/mol. The molecule has 0 amide bonds. The second kappa shape index (κ2) is 5.43. The van der Waals surface area contributed by atoms with Gasteiger partial charge in [-0.25, -0.2) is 0 Å². The van der Waals surface area contributed by atoms with Crippen molar-refractivity contribution in [2.75, 3.05) is 12.4 Å². The maximum atomic E-state index is 6.27. The smallest absolute Gasteiger partial charge is 0.121 e. The number of ether oxygens (including phenoxy) is 1. The number of thiophene rings is 1. The molecule has 0 radical (unpaired) electrons. The normalized spacial score (nSPS) is 16.1. The molecule has 0 spiro atoms. The molecule has 4 heteroatoms. The van der Waals surface area contributed by atoms with Gasteiger partial charge in [-0.3, -0.25) is 0 Å². The summed E-state index contributed by atoms with van der Waals surface area (Å²) in [6, 6.07) is 10.4. The average molecular weight is 294 g/mol. The molecule has 1 heterocycles. The molecule has 1 aromatic heterocycles. The van der Waals surface area contributed by atoms with Crippen LogP contribution in [0.5, 0.6) is 5.75 Å². The van der Waals surface area contributed by atoms with Gasteiger partial charge in [-0.15, -0.1) is 11.3 Å². The average Bonchev–Trinajstić information content (AvgIpc) is 3.12. The molecular weight excluding hydrogens is 278 g/mol. The van der Waals surface area contributed by atoms with Crippen LogP contribution in [0.1, 0.15) is 23.8 Å². The van der Waals surface area contributed by atoms with Crippen LogP contribution in [0.3, 0.4) is 0 Å². The molecule has 1 aliphatic rings. The molecule has 1 atom stereocenters. The Labute approximate surface area is 122 Å². The lowest BCUT2D eigenvalue weighted by Gasteiger charge is -2.19. The summed E-state index contributed by atoms with van der Waals surface area (Å²) >= 11 is 8.07. The third kappa shape index (κ3) is 2.88. The van der Waals surface area contributed by atoms with Gasteiger partial charge in [-0.1, -0.05) is 17.7 Å². The standard InChI is InChI=1S/C15H16ClNOS/c1-18-11-6-7-12(16)13(9-11)17-15(10-4-5-10)14-3-2-8-19-14/h2-3,6-10,15,17H,4-5H2,1H3. The number of methoxy groups -OCH3 is 1. The summed E-state index contributed by atoms with van der Waals surface area (Å²) in [7, 11) is 1.67. The molecule has 0 aliphatic heterocycles. The van der Waals surface area contributed by atoms with Crippen molar-refractivity contribution in [3.63, 3.8) is 0 Å². The van der Waals surface area contributed by atoms with E-state index in [1.807, 2.05) is 18.2 Å². The van der Waals surface area contributed by atoms with Crippen molar-refractivity contribution in [1.29, 1.82) is 0 Å². The monoisotopic (exact) mass is 293 g/mol. The minimum atomic E-state index is 0.365. The molecule has 2 aromatic rings. The van der Waals surface area contributed by atoms with Crippen LogP contribution in [0.4, 0.5) is 5.69 Å². The van der Waals surface area contributed by atoms with Crippen LogP contribution in [0.2, 0.25) is 5.02 Å². The fourth-order valence-electron chi connectivity index (χ4n) is 2.23. The topological polar surface area (TPSA) is 21.3 Å². The van der Waals surface area contributed by atoms with Crippen molar-refractivity contribution < 1.29 is 4.74 Å². The molecule has 0 saturated heterocycles. The molecule has 1 aliphatic carbocycles. The second-order valence-electron chi connectivity index (χ2n) is 4.82. The third-order valence-electron chi connectivity index (χ3n) is 3.43. The van der Waals surface area contributed by atoms with Crippen LogP contribution in [0, 0.1) is 5.92 Å². The Morgan fingerprint density at radius 2 is 2.21 bits per heavy atom. The maximum Gasteiger partial charge on any atom is 0.121 e. The molecular formula is C15H16ClNOS.